The van der Waals surface area contributed by atoms with Gasteiger partial charge in [0.15, 0.2) is 16.9 Å². The van der Waals surface area contributed by atoms with Gasteiger partial charge in [0.1, 0.15) is 0 Å². The molecule has 1 atom stereocenters. The van der Waals surface area contributed by atoms with E-state index in [9.17, 15) is 14.4 Å². The Morgan fingerprint density at radius 1 is 1.05 bits per heavy atom. The number of hydrogen-bond acceptors (Lipinski definition) is 4. The molecule has 0 bridgehead atoms. The van der Waals surface area contributed by atoms with Gasteiger partial charge < -0.3 is 4.57 Å². The zero-order valence-electron chi connectivity index (χ0n) is 13.8. The van der Waals surface area contributed by atoms with E-state index in [1.807, 2.05) is 13.8 Å². The molecule has 0 fully saturated rings. The fourth-order valence-electron chi connectivity index (χ4n) is 2.55. The molecule has 0 radical (unpaired) electrons. The van der Waals surface area contributed by atoms with Gasteiger partial charge in [-0.3, -0.25) is 18.7 Å². The monoisotopic (exact) mass is 306 g/mol. The van der Waals surface area contributed by atoms with Crippen LogP contribution in [0.2, 0.25) is 0 Å². The molecule has 7 heteroatoms. The third-order valence-electron chi connectivity index (χ3n) is 3.87. The van der Waals surface area contributed by atoms with Gasteiger partial charge in [-0.25, -0.2) is 9.78 Å². The molecule has 1 unspecified atom stereocenters. The number of fused-ring (bicyclic) bond motifs is 1. The second-order valence-corrected chi connectivity index (χ2v) is 6.13. The number of hydrogen-bond donors (Lipinski definition) is 0. The van der Waals surface area contributed by atoms with Gasteiger partial charge in [0.2, 0.25) is 0 Å². The van der Waals surface area contributed by atoms with E-state index in [0.717, 1.165) is 0 Å². The highest BCUT2D eigenvalue weighted by Gasteiger charge is 2.23. The Kier molecular flexibility index (Phi) is 4.08. The molecule has 0 saturated carbocycles. The molecule has 0 aliphatic rings. The summed E-state index contributed by atoms with van der Waals surface area (Å²) in [6.07, 6.45) is 1.46. The summed E-state index contributed by atoms with van der Waals surface area (Å²) in [5, 5.41) is 0. The average molecular weight is 306 g/mol. The van der Waals surface area contributed by atoms with Crippen LogP contribution in [0.15, 0.2) is 15.9 Å². The van der Waals surface area contributed by atoms with E-state index in [4.69, 9.17) is 0 Å². The first-order valence-electron chi connectivity index (χ1n) is 7.42. The fraction of sp³-hybridized carbons (Fsp3) is 0.600. The van der Waals surface area contributed by atoms with E-state index in [1.54, 1.807) is 25.3 Å². The van der Waals surface area contributed by atoms with Gasteiger partial charge in [0.25, 0.3) is 5.56 Å². The Balaban J connectivity index is 3.02. The molecule has 2 aromatic rings. The summed E-state index contributed by atoms with van der Waals surface area (Å²) < 4.78 is 4.27. The van der Waals surface area contributed by atoms with Crippen molar-refractivity contribution in [3.63, 3.8) is 0 Å². The van der Waals surface area contributed by atoms with Crippen molar-refractivity contribution in [2.75, 3.05) is 0 Å². The second-order valence-electron chi connectivity index (χ2n) is 6.13. The lowest BCUT2D eigenvalue weighted by Gasteiger charge is -2.17. The average Bonchev–Trinajstić information content (AvgIpc) is 2.81. The van der Waals surface area contributed by atoms with Crippen LogP contribution in [0.5, 0.6) is 0 Å². The minimum absolute atomic E-state index is 0.0721. The minimum Gasteiger partial charge on any atom is -0.314 e. The van der Waals surface area contributed by atoms with Gasteiger partial charge in [-0.05, 0) is 41.5 Å². The number of aromatic nitrogens is 4. The summed E-state index contributed by atoms with van der Waals surface area (Å²) in [5.41, 5.74) is -0.152. The zero-order valence-corrected chi connectivity index (χ0v) is 13.8. The predicted molar refractivity (Wildman–Crippen MR) is 84.4 cm³/mol. The van der Waals surface area contributed by atoms with Crippen LogP contribution in [0, 0.1) is 0 Å². The van der Waals surface area contributed by atoms with Gasteiger partial charge in [-0.1, -0.05) is 0 Å². The SMILES string of the molecule is CC(=O)C(C)n1cnc2c1c(=O)n(C(C)C)c(=O)n2C(C)C. The lowest BCUT2D eigenvalue weighted by atomic mass is 10.2. The quantitative estimate of drug-likeness (QED) is 0.860. The Hall–Kier alpha value is -2.18. The first-order valence-corrected chi connectivity index (χ1v) is 7.42. The smallest absolute Gasteiger partial charge is 0.314 e. The highest BCUT2D eigenvalue weighted by molar-refractivity contribution is 5.82. The summed E-state index contributed by atoms with van der Waals surface area (Å²) in [7, 11) is 0. The predicted octanol–water partition coefficient (Wildman–Crippen LogP) is 1.67. The lowest BCUT2D eigenvalue weighted by Crippen LogP contribution is -2.42. The first kappa shape index (κ1) is 16.2. The summed E-state index contributed by atoms with van der Waals surface area (Å²) >= 11 is 0. The molecule has 22 heavy (non-hydrogen) atoms. The van der Waals surface area contributed by atoms with Crippen molar-refractivity contribution in [2.24, 2.45) is 0 Å². The van der Waals surface area contributed by atoms with Gasteiger partial charge in [0, 0.05) is 12.1 Å². The maximum absolute atomic E-state index is 12.8. The highest BCUT2D eigenvalue weighted by Crippen LogP contribution is 2.17. The van der Waals surface area contributed by atoms with Crippen molar-refractivity contribution < 1.29 is 4.79 Å². The Morgan fingerprint density at radius 3 is 2.05 bits per heavy atom. The van der Waals surface area contributed by atoms with E-state index in [0.29, 0.717) is 11.2 Å². The molecular weight excluding hydrogens is 284 g/mol. The van der Waals surface area contributed by atoms with Crippen molar-refractivity contribution in [3.8, 4) is 0 Å². The topological polar surface area (TPSA) is 78.9 Å². The molecule has 2 aromatic heterocycles. The molecule has 2 rings (SSSR count). The van der Waals surface area contributed by atoms with Crippen LogP contribution < -0.4 is 11.2 Å². The van der Waals surface area contributed by atoms with Crippen molar-refractivity contribution in [1.82, 2.24) is 18.7 Å². The lowest BCUT2D eigenvalue weighted by molar-refractivity contribution is -0.119. The molecule has 0 amide bonds. The van der Waals surface area contributed by atoms with E-state index in [1.165, 1.54) is 22.4 Å². The fourth-order valence-corrected chi connectivity index (χ4v) is 2.55. The number of ketones is 1. The van der Waals surface area contributed by atoms with Gasteiger partial charge in [0.05, 0.1) is 12.4 Å². The normalized spacial score (nSPS) is 13.3. The Labute approximate surface area is 128 Å². The number of carbonyl (C=O) groups excluding carboxylic acids is 1. The van der Waals surface area contributed by atoms with Gasteiger partial charge in [-0.15, -0.1) is 0 Å². The number of nitrogens with zero attached hydrogens (tertiary/aromatic N) is 4. The van der Waals surface area contributed by atoms with E-state index < -0.39 is 11.6 Å². The summed E-state index contributed by atoms with van der Waals surface area (Å²) in [4.78, 5) is 41.3. The number of imidazole rings is 1. The molecule has 0 saturated heterocycles. The first-order chi connectivity index (χ1) is 10.2. The molecule has 0 N–H and O–H groups in total. The van der Waals surface area contributed by atoms with E-state index >= 15 is 0 Å². The largest absolute Gasteiger partial charge is 0.333 e. The maximum Gasteiger partial charge on any atom is 0.333 e. The van der Waals surface area contributed by atoms with Crippen molar-refractivity contribution in [1.29, 1.82) is 0 Å². The molecule has 0 aliphatic heterocycles. The van der Waals surface area contributed by atoms with Crippen LogP contribution in [-0.2, 0) is 4.79 Å². The van der Waals surface area contributed by atoms with Crippen LogP contribution in [0.1, 0.15) is 59.7 Å². The molecule has 2 heterocycles. The van der Waals surface area contributed by atoms with Gasteiger partial charge in [-0.2, -0.15) is 0 Å². The summed E-state index contributed by atoms with van der Waals surface area (Å²) in [5.74, 6) is -0.0721. The summed E-state index contributed by atoms with van der Waals surface area (Å²) in [6.45, 7) is 10.5. The number of carbonyl (C=O) groups is 1. The molecule has 0 spiro atoms. The molecule has 0 aliphatic carbocycles. The minimum atomic E-state index is -0.503. The van der Waals surface area contributed by atoms with E-state index in [-0.39, 0.29) is 23.6 Å². The van der Waals surface area contributed by atoms with Crippen molar-refractivity contribution in [3.05, 3.63) is 27.2 Å². The standard InChI is InChI=1S/C15H22N4O3/c1-8(2)18-13-12(14(21)19(9(3)4)15(18)22)17(7-16-13)10(5)11(6)20/h7-10H,1-6H3. The van der Waals surface area contributed by atoms with Crippen LogP contribution >= 0.6 is 0 Å². The van der Waals surface area contributed by atoms with Crippen LogP contribution in [0.25, 0.3) is 11.2 Å². The number of rotatable bonds is 4. The Bertz CT molecular complexity index is 839. The third-order valence-corrected chi connectivity index (χ3v) is 3.87. The molecular formula is C15H22N4O3. The van der Waals surface area contributed by atoms with E-state index in [2.05, 4.69) is 4.98 Å². The van der Waals surface area contributed by atoms with Gasteiger partial charge >= 0.3 is 5.69 Å². The van der Waals surface area contributed by atoms with Crippen LogP contribution in [0.4, 0.5) is 0 Å². The van der Waals surface area contributed by atoms with Crippen molar-refractivity contribution >= 4 is 16.9 Å². The van der Waals surface area contributed by atoms with Crippen LogP contribution in [0.3, 0.4) is 0 Å². The molecule has 7 nitrogen and oxygen atoms in total. The van der Waals surface area contributed by atoms with Crippen molar-refractivity contribution in [2.45, 2.75) is 59.7 Å². The zero-order chi connectivity index (χ0) is 16.8. The Morgan fingerprint density at radius 2 is 1.59 bits per heavy atom. The number of Topliss-reactive ketones (excluding diaryl/α,β-unsaturated/α-hetero) is 1. The highest BCUT2D eigenvalue weighted by atomic mass is 16.2. The summed E-state index contributed by atoms with van der Waals surface area (Å²) in [6, 6.07) is -0.918. The third kappa shape index (κ3) is 2.30. The molecule has 0 aromatic carbocycles. The van der Waals surface area contributed by atoms with Crippen LogP contribution in [-0.4, -0.2) is 24.5 Å². The molecule has 120 valence electrons. The second kappa shape index (κ2) is 5.55. The maximum atomic E-state index is 12.8.